The highest BCUT2D eigenvalue weighted by Gasteiger charge is 2.24. The molecule has 1 heterocycles. The van der Waals surface area contributed by atoms with Crippen molar-refractivity contribution in [2.45, 2.75) is 51.5 Å². The number of ether oxygens (including phenoxy) is 1. The Hall–Kier alpha value is -3.29. The predicted molar refractivity (Wildman–Crippen MR) is 153 cm³/mol. The fourth-order valence-corrected chi connectivity index (χ4v) is 6.57. The number of benzene rings is 3. The summed E-state index contributed by atoms with van der Waals surface area (Å²) < 4.78 is 9.54. The highest BCUT2D eigenvalue weighted by atomic mass is 32.2. The van der Waals surface area contributed by atoms with Gasteiger partial charge in [-0.25, -0.2) is 4.68 Å². The number of fused-ring (bicyclic) bond motifs is 1. The summed E-state index contributed by atoms with van der Waals surface area (Å²) in [6.07, 6.45) is 0.274. The molecule has 0 fully saturated rings. The van der Waals surface area contributed by atoms with Crippen molar-refractivity contribution >= 4 is 33.0 Å². The minimum absolute atomic E-state index is 0.114. The highest BCUT2D eigenvalue weighted by Crippen LogP contribution is 2.36. The van der Waals surface area contributed by atoms with Crippen LogP contribution < -0.4 is 0 Å². The van der Waals surface area contributed by atoms with Crippen LogP contribution in [0.1, 0.15) is 54.0 Å². The van der Waals surface area contributed by atoms with Crippen LogP contribution in [0.5, 0.6) is 0 Å². The van der Waals surface area contributed by atoms with Crippen LogP contribution in [0, 0.1) is 13.8 Å². The fraction of sp³-hybridized carbons (Fsp3) is 0.333. The average Bonchev–Trinajstić information content (AvgIpc) is 3.27. The molecule has 0 radical (unpaired) electrons. The van der Waals surface area contributed by atoms with Gasteiger partial charge in [-0.05, 0) is 86.1 Å². The Bertz CT molecular complexity index is 1430. The number of carbonyl (C=O) groups excluding carboxylic acids is 1. The van der Waals surface area contributed by atoms with Crippen molar-refractivity contribution in [2.24, 2.45) is 7.05 Å². The predicted octanol–water partition coefficient (Wildman–Crippen LogP) is 6.17. The molecule has 1 aromatic heterocycles. The molecule has 7 heteroatoms. The number of aryl methyl sites for hydroxylation is 3. The van der Waals surface area contributed by atoms with E-state index in [0.29, 0.717) is 6.61 Å². The van der Waals surface area contributed by atoms with Crippen molar-refractivity contribution in [3.8, 4) is 0 Å². The topological polar surface area (TPSA) is 60.3 Å². The van der Waals surface area contributed by atoms with Gasteiger partial charge in [-0.1, -0.05) is 58.3 Å². The summed E-state index contributed by atoms with van der Waals surface area (Å²) in [6, 6.07) is 21.3. The van der Waals surface area contributed by atoms with E-state index in [1.165, 1.54) is 16.0 Å². The highest BCUT2D eigenvalue weighted by molar-refractivity contribution is 8.12. The van der Waals surface area contributed by atoms with Crippen LogP contribution in [0.4, 0.5) is 0 Å². The Morgan fingerprint density at radius 2 is 1.89 bits per heavy atom. The molecule has 194 valence electrons. The van der Waals surface area contributed by atoms with Gasteiger partial charge in [-0.2, -0.15) is 0 Å². The first-order valence-electron chi connectivity index (χ1n) is 12.7. The van der Waals surface area contributed by atoms with Crippen molar-refractivity contribution in [1.82, 2.24) is 19.3 Å². The molecule has 0 aliphatic rings. The maximum absolute atomic E-state index is 12.7. The zero-order valence-corrected chi connectivity index (χ0v) is 23.4. The van der Waals surface area contributed by atoms with Gasteiger partial charge in [0.1, 0.15) is 5.52 Å². The lowest BCUT2D eigenvalue weighted by Gasteiger charge is -2.25. The third-order valence-electron chi connectivity index (χ3n) is 6.84. The van der Waals surface area contributed by atoms with Gasteiger partial charge in [-0.15, -0.1) is 5.10 Å². The Kier molecular flexibility index (Phi) is 8.56. The lowest BCUT2D eigenvalue weighted by Crippen LogP contribution is -2.15. The molecule has 0 aliphatic carbocycles. The minimum atomic E-state index is -0.198. The first-order chi connectivity index (χ1) is 17.8. The molecule has 0 spiro atoms. The van der Waals surface area contributed by atoms with Crippen molar-refractivity contribution in [3.05, 3.63) is 88.5 Å². The summed E-state index contributed by atoms with van der Waals surface area (Å²) in [7, 11) is 3.95. The Balaban J connectivity index is 1.72. The van der Waals surface area contributed by atoms with Gasteiger partial charge >= 0.3 is 5.97 Å². The van der Waals surface area contributed by atoms with E-state index in [-0.39, 0.29) is 29.0 Å². The number of hydrogen-bond donors (Lipinski definition) is 0. The maximum atomic E-state index is 12.7. The molecule has 6 nitrogen and oxygen atoms in total. The molecule has 0 saturated carbocycles. The molecule has 4 aromatic rings. The third-order valence-corrected chi connectivity index (χ3v) is 8.85. The molecule has 0 saturated heterocycles. The number of nitrogens with zero attached hydrogens (tertiary/aromatic N) is 4. The van der Waals surface area contributed by atoms with Crippen molar-refractivity contribution in [2.75, 3.05) is 13.7 Å². The van der Waals surface area contributed by atoms with Crippen molar-refractivity contribution < 1.29 is 9.53 Å². The van der Waals surface area contributed by atoms with Gasteiger partial charge in [0.2, 0.25) is 0 Å². The van der Waals surface area contributed by atoms with Gasteiger partial charge < -0.3 is 4.74 Å². The SMILES string of the molecule is C/C=S(\c1ccccc1)N(C)Cc1cc(C(CC(=O)OCC)c2ccc3c(nnn3C)c2C)ccc1C. The van der Waals surface area contributed by atoms with Gasteiger partial charge in [0.05, 0.1) is 18.5 Å². The summed E-state index contributed by atoms with van der Waals surface area (Å²) in [5, 5.41) is 10.8. The maximum Gasteiger partial charge on any atom is 0.306 e. The van der Waals surface area contributed by atoms with E-state index < -0.39 is 0 Å². The molecule has 0 aliphatic heterocycles. The zero-order chi connectivity index (χ0) is 26.5. The smallest absolute Gasteiger partial charge is 0.306 e. The van der Waals surface area contributed by atoms with E-state index >= 15 is 0 Å². The van der Waals surface area contributed by atoms with E-state index in [1.807, 2.05) is 20.0 Å². The molecule has 37 heavy (non-hydrogen) atoms. The molecule has 2 unspecified atom stereocenters. The molecular formula is C30H36N4O2S. The van der Waals surface area contributed by atoms with Crippen LogP contribution in [0.25, 0.3) is 11.0 Å². The molecular weight excluding hydrogens is 480 g/mol. The van der Waals surface area contributed by atoms with Gasteiger partial charge in [-0.3, -0.25) is 9.10 Å². The zero-order valence-electron chi connectivity index (χ0n) is 22.6. The first kappa shape index (κ1) is 26.8. The van der Waals surface area contributed by atoms with Crippen molar-refractivity contribution in [1.29, 1.82) is 0 Å². The number of rotatable bonds is 9. The van der Waals surface area contributed by atoms with Crippen LogP contribution >= 0.6 is 10.7 Å². The summed E-state index contributed by atoms with van der Waals surface area (Å²) in [6.45, 7) is 9.36. The average molecular weight is 517 g/mol. The number of esters is 1. The van der Waals surface area contributed by atoms with Crippen LogP contribution in [0.2, 0.25) is 0 Å². The van der Waals surface area contributed by atoms with Crippen LogP contribution in [-0.2, 0) is 23.1 Å². The number of carbonyl (C=O) groups is 1. The second-order valence-corrected chi connectivity index (χ2v) is 11.5. The van der Waals surface area contributed by atoms with E-state index in [1.54, 1.807) is 4.68 Å². The lowest BCUT2D eigenvalue weighted by molar-refractivity contribution is -0.143. The van der Waals surface area contributed by atoms with E-state index in [4.69, 9.17) is 4.74 Å². The molecule has 4 rings (SSSR count). The summed E-state index contributed by atoms with van der Waals surface area (Å²) in [4.78, 5) is 14.0. The Morgan fingerprint density at radius 3 is 2.59 bits per heavy atom. The van der Waals surface area contributed by atoms with E-state index in [9.17, 15) is 4.79 Å². The molecule has 0 amide bonds. The largest absolute Gasteiger partial charge is 0.466 e. The van der Waals surface area contributed by atoms with Crippen LogP contribution in [0.3, 0.4) is 0 Å². The minimum Gasteiger partial charge on any atom is -0.466 e. The number of hydrogen-bond acceptors (Lipinski definition) is 5. The molecule has 0 N–H and O–H groups in total. The van der Waals surface area contributed by atoms with E-state index in [0.717, 1.165) is 34.3 Å². The quantitative estimate of drug-likeness (QED) is 0.197. The van der Waals surface area contributed by atoms with Crippen LogP contribution in [-0.4, -0.2) is 44.3 Å². The summed E-state index contributed by atoms with van der Waals surface area (Å²) in [5.41, 5.74) is 7.56. The van der Waals surface area contributed by atoms with Gasteiger partial charge in [0.25, 0.3) is 0 Å². The first-order valence-corrected chi connectivity index (χ1v) is 13.9. The Morgan fingerprint density at radius 1 is 1.14 bits per heavy atom. The standard InChI is InChI=1S/C30H36N4O2S/c1-7-36-29(35)19-27(26-16-17-28-30(22(26)4)31-32-34(28)6)23-15-14-21(3)24(18-23)20-33(5)37(8-2)25-12-10-9-11-13-25/h8-18,27H,7,19-20H2,1-6H3. The van der Waals surface area contributed by atoms with Gasteiger partial charge in [0, 0.05) is 24.4 Å². The van der Waals surface area contributed by atoms with E-state index in [2.05, 4.69) is 102 Å². The summed E-state index contributed by atoms with van der Waals surface area (Å²) in [5.74, 6) is -0.336. The molecule has 0 bridgehead atoms. The molecule has 2 atom stereocenters. The summed E-state index contributed by atoms with van der Waals surface area (Å²) >= 11 is 0. The second-order valence-electron chi connectivity index (χ2n) is 9.26. The monoisotopic (exact) mass is 516 g/mol. The fourth-order valence-electron chi connectivity index (χ4n) is 4.86. The normalized spacial score (nSPS) is 13.3. The van der Waals surface area contributed by atoms with Crippen molar-refractivity contribution in [3.63, 3.8) is 0 Å². The molecule has 3 aromatic carbocycles. The second kappa shape index (κ2) is 11.8. The number of aromatic nitrogens is 3. The third kappa shape index (κ3) is 5.84. The Labute approximate surface area is 222 Å². The lowest BCUT2D eigenvalue weighted by atomic mass is 9.84. The van der Waals surface area contributed by atoms with Gasteiger partial charge in [0.15, 0.2) is 0 Å². The van der Waals surface area contributed by atoms with Crippen LogP contribution in [0.15, 0.2) is 65.6 Å².